The highest BCUT2D eigenvalue weighted by molar-refractivity contribution is 7.12. The van der Waals surface area contributed by atoms with E-state index in [1.165, 1.54) is 0 Å². The molecule has 0 saturated carbocycles. The molecule has 1 aliphatic carbocycles. The summed E-state index contributed by atoms with van der Waals surface area (Å²) in [5.41, 5.74) is 2.96. The van der Waals surface area contributed by atoms with Crippen molar-refractivity contribution < 1.29 is 28.6 Å². The second kappa shape index (κ2) is 11.3. The number of ether oxygens (including phenoxy) is 3. The zero-order valence-electron chi connectivity index (χ0n) is 21.9. The molecule has 0 amide bonds. The maximum Gasteiger partial charge on any atom is 0.336 e. The Balaban J connectivity index is 1.91. The third-order valence-electron chi connectivity index (χ3n) is 6.91. The van der Waals surface area contributed by atoms with Crippen molar-refractivity contribution in [2.24, 2.45) is 5.92 Å². The maximum absolute atomic E-state index is 14.3. The van der Waals surface area contributed by atoms with E-state index in [0.29, 0.717) is 34.7 Å². The minimum Gasteiger partial charge on any atom is -0.496 e. The van der Waals surface area contributed by atoms with E-state index in [2.05, 4.69) is 12.2 Å². The zero-order valence-corrected chi connectivity index (χ0v) is 22.7. The Bertz CT molecular complexity index is 1270. The van der Waals surface area contributed by atoms with Crippen LogP contribution >= 0.6 is 11.3 Å². The van der Waals surface area contributed by atoms with Crippen molar-refractivity contribution in [2.45, 2.75) is 52.4 Å². The van der Waals surface area contributed by atoms with Crippen molar-refractivity contribution in [3.05, 3.63) is 74.3 Å². The van der Waals surface area contributed by atoms with Gasteiger partial charge in [0.2, 0.25) is 0 Å². The summed E-state index contributed by atoms with van der Waals surface area (Å²) in [6, 6.07) is 11.4. The molecule has 1 aliphatic heterocycles. The van der Waals surface area contributed by atoms with Gasteiger partial charge in [-0.1, -0.05) is 25.1 Å². The van der Waals surface area contributed by atoms with Crippen molar-refractivity contribution in [2.75, 3.05) is 20.3 Å². The summed E-state index contributed by atoms with van der Waals surface area (Å²) in [6.45, 7) is 7.75. The van der Waals surface area contributed by atoms with E-state index in [1.54, 1.807) is 32.3 Å². The molecule has 1 aromatic carbocycles. The molecule has 7 nitrogen and oxygen atoms in total. The number of methoxy groups -OCH3 is 1. The predicted octanol–water partition coefficient (Wildman–Crippen LogP) is 5.03. The van der Waals surface area contributed by atoms with Crippen LogP contribution in [-0.4, -0.2) is 38.0 Å². The molecular formula is C29H33NO6S. The minimum absolute atomic E-state index is 0.159. The molecule has 4 rings (SSSR count). The standard InChI is InChI=1S/C29H33NO6S/c1-6-17-13-14-22(37-17)26-23(28(32)35-7-2)16(4)30-20-15-19(18-11-9-10-12-21(18)34-5)24(27(31)25(20)26)29(33)36-8-3/h9-14,19,24,26,30H,6-8,15H2,1-5H3. The Morgan fingerprint density at radius 1 is 1.05 bits per heavy atom. The molecule has 2 aliphatic rings. The number of rotatable bonds is 8. The molecule has 0 saturated heterocycles. The number of para-hydroxylation sites is 1. The molecule has 2 heterocycles. The molecule has 0 radical (unpaired) electrons. The Hall–Kier alpha value is -3.39. The van der Waals surface area contributed by atoms with Crippen LogP contribution in [0.4, 0.5) is 0 Å². The van der Waals surface area contributed by atoms with Crippen LogP contribution < -0.4 is 10.1 Å². The highest BCUT2D eigenvalue weighted by Crippen LogP contribution is 2.50. The number of benzene rings is 1. The first-order chi connectivity index (χ1) is 17.9. The van der Waals surface area contributed by atoms with E-state index in [4.69, 9.17) is 14.2 Å². The second-order valence-electron chi connectivity index (χ2n) is 9.01. The third-order valence-corrected chi connectivity index (χ3v) is 8.20. The lowest BCUT2D eigenvalue weighted by molar-refractivity contribution is -0.152. The normalized spacial score (nSPS) is 21.3. The highest BCUT2D eigenvalue weighted by Gasteiger charge is 2.49. The van der Waals surface area contributed by atoms with Crippen molar-refractivity contribution in [3.8, 4) is 5.75 Å². The average molecular weight is 524 g/mol. The van der Waals surface area contributed by atoms with Gasteiger partial charge in [0, 0.05) is 32.6 Å². The molecule has 0 spiro atoms. The maximum atomic E-state index is 14.3. The van der Waals surface area contributed by atoms with Gasteiger partial charge in [-0.3, -0.25) is 9.59 Å². The molecule has 2 aromatic rings. The number of hydrogen-bond donors (Lipinski definition) is 1. The fourth-order valence-electron chi connectivity index (χ4n) is 5.31. The summed E-state index contributed by atoms with van der Waals surface area (Å²) < 4.78 is 16.4. The molecule has 1 N–H and O–H groups in total. The number of ketones is 1. The Morgan fingerprint density at radius 3 is 2.43 bits per heavy atom. The molecule has 3 unspecified atom stereocenters. The van der Waals surface area contributed by atoms with Gasteiger partial charge in [-0.05, 0) is 57.4 Å². The Labute approximate surface area is 221 Å². The number of dihydropyridines is 1. The molecule has 196 valence electrons. The lowest BCUT2D eigenvalue weighted by atomic mass is 9.68. The number of esters is 2. The van der Waals surface area contributed by atoms with Crippen LogP contribution in [0.15, 0.2) is 58.9 Å². The second-order valence-corrected chi connectivity index (χ2v) is 10.2. The minimum atomic E-state index is -1.06. The highest BCUT2D eigenvalue weighted by atomic mass is 32.1. The number of nitrogens with one attached hydrogen (secondary N) is 1. The van der Waals surface area contributed by atoms with Gasteiger partial charge in [-0.25, -0.2) is 4.79 Å². The first-order valence-electron chi connectivity index (χ1n) is 12.7. The van der Waals surface area contributed by atoms with E-state index in [1.807, 2.05) is 43.3 Å². The lowest BCUT2D eigenvalue weighted by Gasteiger charge is -2.39. The van der Waals surface area contributed by atoms with Gasteiger partial charge in [0.05, 0.1) is 31.8 Å². The van der Waals surface area contributed by atoms with Crippen molar-refractivity contribution in [1.82, 2.24) is 5.32 Å². The summed E-state index contributed by atoms with van der Waals surface area (Å²) in [7, 11) is 1.57. The lowest BCUT2D eigenvalue weighted by Crippen LogP contribution is -2.43. The molecule has 0 bridgehead atoms. The number of Topliss-reactive ketones (excluding diaryl/α,β-unsaturated/α-hetero) is 1. The quantitative estimate of drug-likeness (QED) is 0.383. The number of allylic oxidation sites excluding steroid dienone is 3. The largest absolute Gasteiger partial charge is 0.496 e. The molecule has 8 heteroatoms. The summed E-state index contributed by atoms with van der Waals surface area (Å²) in [5.74, 6) is -2.94. The molecular weight excluding hydrogens is 490 g/mol. The van der Waals surface area contributed by atoms with Gasteiger partial charge in [-0.2, -0.15) is 0 Å². The van der Waals surface area contributed by atoms with E-state index in [9.17, 15) is 14.4 Å². The van der Waals surface area contributed by atoms with Gasteiger partial charge >= 0.3 is 11.9 Å². The monoisotopic (exact) mass is 523 g/mol. The van der Waals surface area contributed by atoms with Crippen LogP contribution in [0.5, 0.6) is 5.75 Å². The third kappa shape index (κ3) is 4.94. The fourth-order valence-corrected chi connectivity index (χ4v) is 6.38. The van der Waals surface area contributed by atoms with Crippen molar-refractivity contribution in [1.29, 1.82) is 0 Å². The van der Waals surface area contributed by atoms with E-state index in [-0.39, 0.29) is 19.0 Å². The van der Waals surface area contributed by atoms with Crippen LogP contribution in [0, 0.1) is 5.92 Å². The van der Waals surface area contributed by atoms with Gasteiger partial charge in [0.25, 0.3) is 0 Å². The zero-order chi connectivity index (χ0) is 26.7. The van der Waals surface area contributed by atoms with E-state index < -0.39 is 29.7 Å². The van der Waals surface area contributed by atoms with Crippen molar-refractivity contribution in [3.63, 3.8) is 0 Å². The van der Waals surface area contributed by atoms with Crippen LogP contribution in [0.1, 0.15) is 61.3 Å². The predicted molar refractivity (Wildman–Crippen MR) is 141 cm³/mol. The first-order valence-corrected chi connectivity index (χ1v) is 13.5. The van der Waals surface area contributed by atoms with Crippen LogP contribution in [-0.2, 0) is 30.3 Å². The number of aryl methyl sites for hydroxylation is 1. The van der Waals surface area contributed by atoms with Crippen LogP contribution in [0.25, 0.3) is 0 Å². The van der Waals surface area contributed by atoms with Gasteiger partial charge in [0.15, 0.2) is 5.78 Å². The molecule has 1 aromatic heterocycles. The summed E-state index contributed by atoms with van der Waals surface area (Å²) >= 11 is 1.57. The fraction of sp³-hybridized carbons (Fsp3) is 0.414. The number of hydrogen-bond acceptors (Lipinski definition) is 8. The van der Waals surface area contributed by atoms with Gasteiger partial charge in [0.1, 0.15) is 11.7 Å². The number of carbonyl (C=O) groups is 3. The number of carbonyl (C=O) groups excluding carboxylic acids is 3. The molecule has 0 fully saturated rings. The average Bonchev–Trinajstić information content (AvgIpc) is 3.37. The van der Waals surface area contributed by atoms with Gasteiger partial charge in [-0.15, -0.1) is 11.3 Å². The summed E-state index contributed by atoms with van der Waals surface area (Å²) in [6.07, 6.45) is 1.23. The smallest absolute Gasteiger partial charge is 0.336 e. The van der Waals surface area contributed by atoms with E-state index >= 15 is 0 Å². The van der Waals surface area contributed by atoms with Crippen LogP contribution in [0.3, 0.4) is 0 Å². The number of thiophene rings is 1. The topological polar surface area (TPSA) is 90.9 Å². The molecule has 37 heavy (non-hydrogen) atoms. The SMILES string of the molecule is CCOC(=O)C1=C(C)NC2=C(C(=O)C(C(=O)OCC)C(c3ccccc3OC)C2)C1c1ccc(CC)s1. The Morgan fingerprint density at radius 2 is 1.78 bits per heavy atom. The summed E-state index contributed by atoms with van der Waals surface area (Å²) in [5, 5.41) is 3.34. The Kier molecular flexibility index (Phi) is 8.17. The van der Waals surface area contributed by atoms with E-state index in [0.717, 1.165) is 21.7 Å². The first kappa shape index (κ1) is 26.7. The molecule has 3 atom stereocenters. The van der Waals surface area contributed by atoms with Crippen molar-refractivity contribution >= 4 is 29.1 Å². The van der Waals surface area contributed by atoms with Gasteiger partial charge < -0.3 is 19.5 Å². The van der Waals surface area contributed by atoms with Crippen LogP contribution in [0.2, 0.25) is 0 Å². The summed E-state index contributed by atoms with van der Waals surface area (Å²) in [4.78, 5) is 42.9.